The van der Waals surface area contributed by atoms with Crippen LogP contribution in [0.2, 0.25) is 0 Å². The molecular formula is C30H52. The number of rotatable bonds is 10. The molecule has 0 spiro atoms. The van der Waals surface area contributed by atoms with Crippen molar-refractivity contribution < 1.29 is 0 Å². The van der Waals surface area contributed by atoms with Gasteiger partial charge in [-0.1, -0.05) is 112 Å². The minimum Gasteiger partial charge on any atom is -0.0998 e. The Morgan fingerprint density at radius 1 is 1.00 bits per heavy atom. The maximum absolute atomic E-state index is 4.80. The Morgan fingerprint density at radius 2 is 1.60 bits per heavy atom. The highest BCUT2D eigenvalue weighted by atomic mass is 14.7. The highest BCUT2D eigenvalue weighted by Gasteiger charge is 2.67. The zero-order valence-electron chi connectivity index (χ0n) is 22.0. The first-order valence-electron chi connectivity index (χ1n) is 12.6. The Balaban J connectivity index is 2.21. The van der Waals surface area contributed by atoms with Crippen LogP contribution >= 0.6 is 0 Å². The molecule has 30 heavy (non-hydrogen) atoms. The lowest BCUT2D eigenvalue weighted by atomic mass is 9.65. The van der Waals surface area contributed by atoms with E-state index in [1.807, 2.05) is 0 Å². The Kier molecular flexibility index (Phi) is 7.64. The lowest BCUT2D eigenvalue weighted by molar-refractivity contribution is 0.228. The third-order valence-electron chi connectivity index (χ3n) is 8.28. The van der Waals surface area contributed by atoms with E-state index in [4.69, 9.17) is 6.58 Å². The fraction of sp³-hybridized carbons (Fsp3) is 0.800. The van der Waals surface area contributed by atoms with Crippen molar-refractivity contribution in [3.05, 3.63) is 36.5 Å². The average Bonchev–Trinajstić information content (AvgIpc) is 2.92. The van der Waals surface area contributed by atoms with Crippen LogP contribution in [0.5, 0.6) is 0 Å². The van der Waals surface area contributed by atoms with Crippen molar-refractivity contribution in [1.82, 2.24) is 0 Å². The summed E-state index contributed by atoms with van der Waals surface area (Å²) in [4.78, 5) is 0. The predicted octanol–water partition coefficient (Wildman–Crippen LogP) is 9.63. The molecule has 0 aromatic rings. The van der Waals surface area contributed by atoms with E-state index in [-0.39, 0.29) is 5.41 Å². The van der Waals surface area contributed by atoms with Gasteiger partial charge in [-0.3, -0.25) is 0 Å². The van der Waals surface area contributed by atoms with E-state index in [0.717, 1.165) is 24.7 Å². The first-order valence-corrected chi connectivity index (χ1v) is 12.6. The molecule has 0 radical (unpaired) electrons. The van der Waals surface area contributed by atoms with Gasteiger partial charge in [0.1, 0.15) is 0 Å². The van der Waals surface area contributed by atoms with Gasteiger partial charge >= 0.3 is 0 Å². The molecule has 172 valence electrons. The molecule has 5 atom stereocenters. The first-order chi connectivity index (χ1) is 13.6. The van der Waals surface area contributed by atoms with Gasteiger partial charge in [-0.25, -0.2) is 0 Å². The second kappa shape index (κ2) is 8.99. The third-order valence-corrected chi connectivity index (χ3v) is 8.28. The standard InChI is InChI=1S/C30H52/c1-13-14-15-16-21(3)26-23(18-25-27(26)30(25,11)12)22(4)24(29(8,9)10)17-20(2)19-28(5,6)7/h23-27H,2-4,13-19H2,1,5-12H3. The van der Waals surface area contributed by atoms with Gasteiger partial charge in [0.05, 0.1) is 0 Å². The largest absolute Gasteiger partial charge is 0.0998 e. The van der Waals surface area contributed by atoms with Gasteiger partial charge in [0.15, 0.2) is 0 Å². The molecule has 0 heterocycles. The Bertz CT molecular complexity index is 645. The number of unbranched alkanes of at least 4 members (excludes halogenated alkanes) is 2. The molecule has 0 heteroatoms. The number of fused-ring (bicyclic) bond motifs is 1. The average molecular weight is 413 g/mol. The molecule has 0 nitrogen and oxygen atoms in total. The molecule has 2 saturated carbocycles. The van der Waals surface area contributed by atoms with E-state index in [0.29, 0.717) is 28.6 Å². The number of hydrogen-bond donors (Lipinski definition) is 0. The van der Waals surface area contributed by atoms with Crippen LogP contribution in [0.1, 0.15) is 107 Å². The second-order valence-electron chi connectivity index (χ2n) is 13.6. The van der Waals surface area contributed by atoms with E-state index in [9.17, 15) is 0 Å². The maximum Gasteiger partial charge on any atom is -0.0104 e. The van der Waals surface area contributed by atoms with E-state index in [1.54, 1.807) is 0 Å². The molecule has 0 aliphatic heterocycles. The first kappa shape index (κ1) is 25.5. The lowest BCUT2D eigenvalue weighted by Crippen LogP contribution is -2.30. The van der Waals surface area contributed by atoms with Crippen LogP contribution < -0.4 is 0 Å². The summed E-state index contributed by atoms with van der Waals surface area (Å²) in [6, 6.07) is 0. The quantitative estimate of drug-likeness (QED) is 0.247. The summed E-state index contributed by atoms with van der Waals surface area (Å²) >= 11 is 0. The molecule has 0 saturated heterocycles. The minimum absolute atomic E-state index is 0.217. The van der Waals surface area contributed by atoms with Gasteiger partial charge < -0.3 is 0 Å². The molecular weight excluding hydrogens is 360 g/mol. The molecule has 2 rings (SSSR count). The Morgan fingerprint density at radius 3 is 2.10 bits per heavy atom. The highest BCUT2D eigenvalue weighted by Crippen LogP contribution is 2.73. The zero-order chi connectivity index (χ0) is 23.1. The normalized spacial score (nSPS) is 28.7. The second-order valence-corrected chi connectivity index (χ2v) is 13.6. The number of hydrogen-bond acceptors (Lipinski definition) is 0. The summed E-state index contributed by atoms with van der Waals surface area (Å²) in [5, 5.41) is 0. The van der Waals surface area contributed by atoms with Gasteiger partial charge in [-0.05, 0) is 77.9 Å². The number of allylic oxidation sites excluding steroid dienone is 3. The summed E-state index contributed by atoms with van der Waals surface area (Å²) in [7, 11) is 0. The van der Waals surface area contributed by atoms with Gasteiger partial charge in [-0.2, -0.15) is 0 Å². The van der Waals surface area contributed by atoms with Gasteiger partial charge in [0.2, 0.25) is 0 Å². The van der Waals surface area contributed by atoms with Gasteiger partial charge in [0.25, 0.3) is 0 Å². The zero-order valence-corrected chi connectivity index (χ0v) is 22.0. The maximum atomic E-state index is 4.80. The summed E-state index contributed by atoms with van der Waals surface area (Å²) in [6.07, 6.45) is 8.63. The molecule has 0 aromatic heterocycles. The van der Waals surface area contributed by atoms with Gasteiger partial charge in [0, 0.05) is 0 Å². The Hall–Kier alpha value is -0.780. The molecule has 2 aliphatic carbocycles. The fourth-order valence-electron chi connectivity index (χ4n) is 6.67. The summed E-state index contributed by atoms with van der Waals surface area (Å²) < 4.78 is 0. The van der Waals surface area contributed by atoms with Crippen molar-refractivity contribution in [2.45, 2.75) is 107 Å². The van der Waals surface area contributed by atoms with Crippen molar-refractivity contribution in [2.75, 3.05) is 0 Å². The fourth-order valence-corrected chi connectivity index (χ4v) is 6.67. The van der Waals surface area contributed by atoms with Crippen LogP contribution in [0.3, 0.4) is 0 Å². The highest BCUT2D eigenvalue weighted by molar-refractivity contribution is 5.29. The summed E-state index contributed by atoms with van der Waals surface area (Å²) in [6.45, 7) is 35.4. The molecule has 0 bridgehead atoms. The van der Waals surface area contributed by atoms with Crippen LogP contribution in [0.15, 0.2) is 36.5 Å². The van der Waals surface area contributed by atoms with E-state index >= 15 is 0 Å². The molecule has 5 unspecified atom stereocenters. The molecule has 0 N–H and O–H groups in total. The molecule has 0 amide bonds. The van der Waals surface area contributed by atoms with Crippen LogP contribution in [0.25, 0.3) is 0 Å². The SMILES string of the molecule is C=C(CC(C(=C)C1CC2C(C1C(=C)CCCCC)C2(C)C)C(C)(C)C)CC(C)(C)C. The van der Waals surface area contributed by atoms with Crippen LogP contribution in [0, 0.1) is 45.8 Å². The lowest BCUT2D eigenvalue weighted by Gasteiger charge is -2.40. The third kappa shape index (κ3) is 5.72. The molecule has 2 fully saturated rings. The molecule has 0 aromatic carbocycles. The Labute approximate surface area is 189 Å². The van der Waals surface area contributed by atoms with Crippen molar-refractivity contribution in [1.29, 1.82) is 0 Å². The monoisotopic (exact) mass is 412 g/mol. The topological polar surface area (TPSA) is 0 Å². The van der Waals surface area contributed by atoms with Crippen molar-refractivity contribution in [3.63, 3.8) is 0 Å². The predicted molar refractivity (Wildman–Crippen MR) is 136 cm³/mol. The van der Waals surface area contributed by atoms with E-state index in [2.05, 4.69) is 75.5 Å². The van der Waals surface area contributed by atoms with Crippen molar-refractivity contribution >= 4 is 0 Å². The van der Waals surface area contributed by atoms with Crippen molar-refractivity contribution in [3.8, 4) is 0 Å². The van der Waals surface area contributed by atoms with Crippen LogP contribution in [0.4, 0.5) is 0 Å². The van der Waals surface area contributed by atoms with Crippen molar-refractivity contribution in [2.24, 2.45) is 45.8 Å². The summed E-state index contributed by atoms with van der Waals surface area (Å²) in [5.74, 6) is 3.46. The van der Waals surface area contributed by atoms with E-state index < -0.39 is 0 Å². The van der Waals surface area contributed by atoms with Crippen LogP contribution in [-0.4, -0.2) is 0 Å². The smallest absolute Gasteiger partial charge is 0.0104 e. The summed E-state index contributed by atoms with van der Waals surface area (Å²) in [5.41, 5.74) is 5.44. The molecule has 2 aliphatic rings. The van der Waals surface area contributed by atoms with Gasteiger partial charge in [-0.15, -0.1) is 0 Å². The minimum atomic E-state index is 0.217. The van der Waals surface area contributed by atoms with E-state index in [1.165, 1.54) is 48.8 Å². The van der Waals surface area contributed by atoms with Crippen LogP contribution in [-0.2, 0) is 0 Å².